The van der Waals surface area contributed by atoms with Gasteiger partial charge in [0, 0.05) is 15.9 Å². The average Bonchev–Trinajstić information content (AvgIpc) is 2.80. The minimum absolute atomic E-state index is 0.523. The molecular weight excluding hydrogens is 260 g/mol. The zero-order valence-corrected chi connectivity index (χ0v) is 12.6. The molecule has 1 saturated carbocycles. The van der Waals surface area contributed by atoms with Crippen LogP contribution in [-0.2, 0) is 18.6 Å². The molecule has 0 aliphatic heterocycles. The minimum Gasteiger partial charge on any atom is -0.245 e. The van der Waals surface area contributed by atoms with E-state index in [-0.39, 0.29) is 0 Å². The Balaban J connectivity index is 1.90. The topological polar surface area (TPSA) is 36.7 Å². The van der Waals surface area contributed by atoms with Crippen molar-refractivity contribution in [2.75, 3.05) is 0 Å². The molecule has 2 nitrogen and oxygen atoms in total. The molecule has 0 N–H and O–H groups in total. The molecule has 1 heterocycles. The lowest BCUT2D eigenvalue weighted by atomic mass is 10.0. The Morgan fingerprint density at radius 3 is 2.83 bits per heavy atom. The quantitative estimate of drug-likeness (QED) is 0.805. The molecule has 0 amide bonds. The molecule has 1 aromatic heterocycles. The van der Waals surface area contributed by atoms with E-state index in [1.54, 1.807) is 11.3 Å². The third-order valence-corrected chi connectivity index (χ3v) is 6.06. The number of rotatable bonds is 5. The second-order valence-electron chi connectivity index (χ2n) is 4.74. The highest BCUT2D eigenvalue weighted by molar-refractivity contribution is 7.99. The van der Waals surface area contributed by atoms with E-state index >= 15 is 0 Å². The molecule has 0 atom stereocenters. The van der Waals surface area contributed by atoms with E-state index in [0.717, 1.165) is 23.1 Å². The van der Waals surface area contributed by atoms with Crippen molar-refractivity contribution >= 4 is 23.1 Å². The number of aromatic nitrogens is 1. The fourth-order valence-corrected chi connectivity index (χ4v) is 4.84. The summed E-state index contributed by atoms with van der Waals surface area (Å²) >= 11 is 3.81. The Labute approximate surface area is 118 Å². The second-order valence-corrected chi connectivity index (χ2v) is 7.19. The van der Waals surface area contributed by atoms with Crippen molar-refractivity contribution in [1.82, 2.24) is 4.98 Å². The number of thioether (sulfide) groups is 1. The Morgan fingerprint density at radius 2 is 2.17 bits per heavy atom. The molecule has 0 bridgehead atoms. The van der Waals surface area contributed by atoms with Crippen molar-refractivity contribution in [1.29, 1.82) is 5.26 Å². The van der Waals surface area contributed by atoms with Crippen LogP contribution >= 0.6 is 23.1 Å². The highest BCUT2D eigenvalue weighted by Gasteiger charge is 2.15. The number of nitrogens with zero attached hydrogens (tertiary/aromatic N) is 2. The summed E-state index contributed by atoms with van der Waals surface area (Å²) in [4.78, 5) is 5.86. The number of hydrogen-bond donors (Lipinski definition) is 0. The minimum atomic E-state index is 0.523. The van der Waals surface area contributed by atoms with E-state index in [2.05, 4.69) is 29.7 Å². The molecule has 0 spiro atoms. The van der Waals surface area contributed by atoms with Crippen LogP contribution < -0.4 is 0 Å². The Hall–Kier alpha value is -0.530. The highest BCUT2D eigenvalue weighted by Crippen LogP contribution is 2.32. The van der Waals surface area contributed by atoms with Gasteiger partial charge in [-0.25, -0.2) is 4.98 Å². The molecule has 1 fully saturated rings. The molecule has 0 saturated heterocycles. The summed E-state index contributed by atoms with van der Waals surface area (Å²) in [5, 5.41) is 10.9. The van der Waals surface area contributed by atoms with Crippen LogP contribution in [0.2, 0.25) is 0 Å². The predicted octanol–water partition coefficient (Wildman–Crippen LogP) is 4.34. The van der Waals surface area contributed by atoms with Gasteiger partial charge in [0.1, 0.15) is 5.01 Å². The van der Waals surface area contributed by atoms with Crippen molar-refractivity contribution in [3.63, 3.8) is 0 Å². The molecule has 18 heavy (non-hydrogen) atoms. The van der Waals surface area contributed by atoms with Crippen LogP contribution in [0.4, 0.5) is 0 Å². The van der Waals surface area contributed by atoms with Crippen molar-refractivity contribution in [3.05, 3.63) is 15.6 Å². The summed E-state index contributed by atoms with van der Waals surface area (Å²) in [6.45, 7) is 2.12. The monoisotopic (exact) mass is 280 g/mol. The molecule has 0 aromatic carbocycles. The SMILES string of the molecule is CCc1nc(CSC2CCCCC2)sc1CC#N. The summed E-state index contributed by atoms with van der Waals surface area (Å²) in [6.07, 6.45) is 8.44. The van der Waals surface area contributed by atoms with E-state index in [1.165, 1.54) is 42.0 Å². The molecule has 98 valence electrons. The summed E-state index contributed by atoms with van der Waals surface area (Å²) in [7, 11) is 0. The molecule has 1 aliphatic carbocycles. The van der Waals surface area contributed by atoms with Crippen molar-refractivity contribution in [3.8, 4) is 6.07 Å². The zero-order chi connectivity index (χ0) is 12.8. The molecule has 1 aromatic rings. The van der Waals surface area contributed by atoms with Gasteiger partial charge in [-0.15, -0.1) is 11.3 Å². The fraction of sp³-hybridized carbons (Fsp3) is 0.714. The molecule has 1 aliphatic rings. The Kier molecular flexibility index (Phi) is 5.52. The van der Waals surface area contributed by atoms with Crippen LogP contribution in [0.1, 0.15) is 54.6 Å². The van der Waals surface area contributed by atoms with Crippen molar-refractivity contribution in [2.45, 2.75) is 62.9 Å². The summed E-state index contributed by atoms with van der Waals surface area (Å²) < 4.78 is 0. The van der Waals surface area contributed by atoms with Crippen molar-refractivity contribution in [2.24, 2.45) is 0 Å². The van der Waals surface area contributed by atoms with Gasteiger partial charge in [0.05, 0.1) is 18.2 Å². The van der Waals surface area contributed by atoms with Crippen LogP contribution in [0.5, 0.6) is 0 Å². The standard InChI is InChI=1S/C14H20N2S2/c1-2-12-13(8-9-15)18-14(16-12)10-17-11-6-4-3-5-7-11/h11H,2-8,10H2,1H3. The number of nitriles is 1. The zero-order valence-electron chi connectivity index (χ0n) is 10.9. The van der Waals surface area contributed by atoms with Gasteiger partial charge < -0.3 is 0 Å². The maximum Gasteiger partial charge on any atom is 0.103 e. The van der Waals surface area contributed by atoms with Crippen molar-refractivity contribution < 1.29 is 0 Å². The van der Waals surface area contributed by atoms with E-state index in [0.29, 0.717) is 6.42 Å². The first-order chi connectivity index (χ1) is 8.83. The van der Waals surface area contributed by atoms with Gasteiger partial charge in [-0.05, 0) is 19.3 Å². The smallest absolute Gasteiger partial charge is 0.103 e. The summed E-state index contributed by atoms with van der Waals surface area (Å²) in [6, 6.07) is 2.24. The second kappa shape index (κ2) is 7.16. The number of thiazole rings is 1. The van der Waals surface area contributed by atoms with E-state index in [9.17, 15) is 0 Å². The summed E-state index contributed by atoms with van der Waals surface area (Å²) in [5.74, 6) is 1.04. The first-order valence-corrected chi connectivity index (χ1v) is 8.66. The van der Waals surface area contributed by atoms with E-state index < -0.39 is 0 Å². The summed E-state index contributed by atoms with van der Waals surface area (Å²) in [5.41, 5.74) is 1.14. The fourth-order valence-electron chi connectivity index (χ4n) is 2.41. The van der Waals surface area contributed by atoms with E-state index in [4.69, 9.17) is 5.26 Å². The van der Waals surface area contributed by atoms with Gasteiger partial charge >= 0.3 is 0 Å². The van der Waals surface area contributed by atoms with Gasteiger partial charge in [0.15, 0.2) is 0 Å². The largest absolute Gasteiger partial charge is 0.245 e. The van der Waals surface area contributed by atoms with Crippen LogP contribution in [0, 0.1) is 11.3 Å². The Morgan fingerprint density at radius 1 is 1.39 bits per heavy atom. The van der Waals surface area contributed by atoms with Gasteiger partial charge in [0.25, 0.3) is 0 Å². The number of aryl methyl sites for hydroxylation is 1. The first kappa shape index (κ1) is 13.9. The third-order valence-electron chi connectivity index (χ3n) is 3.39. The maximum absolute atomic E-state index is 8.81. The predicted molar refractivity (Wildman–Crippen MR) is 79.0 cm³/mol. The van der Waals surface area contributed by atoms with E-state index in [1.807, 2.05) is 0 Å². The van der Waals surface area contributed by atoms with Crippen LogP contribution in [0.15, 0.2) is 0 Å². The molecule has 2 rings (SSSR count). The molecular formula is C14H20N2S2. The van der Waals surface area contributed by atoms with Gasteiger partial charge in [-0.1, -0.05) is 26.2 Å². The lowest BCUT2D eigenvalue weighted by Gasteiger charge is -2.20. The maximum atomic E-state index is 8.81. The number of hydrogen-bond acceptors (Lipinski definition) is 4. The molecule has 0 radical (unpaired) electrons. The highest BCUT2D eigenvalue weighted by atomic mass is 32.2. The average molecular weight is 280 g/mol. The van der Waals surface area contributed by atoms with Crippen LogP contribution in [0.25, 0.3) is 0 Å². The third kappa shape index (κ3) is 3.73. The molecule has 0 unspecified atom stereocenters. The van der Waals surface area contributed by atoms with Gasteiger partial charge in [-0.3, -0.25) is 0 Å². The Bertz CT molecular complexity index is 414. The van der Waals surface area contributed by atoms with Crippen LogP contribution in [0.3, 0.4) is 0 Å². The lowest BCUT2D eigenvalue weighted by Crippen LogP contribution is -2.08. The first-order valence-electron chi connectivity index (χ1n) is 6.79. The molecule has 4 heteroatoms. The lowest BCUT2D eigenvalue weighted by molar-refractivity contribution is 0.516. The normalized spacial score (nSPS) is 16.7. The van der Waals surface area contributed by atoms with Crippen LogP contribution in [-0.4, -0.2) is 10.2 Å². The van der Waals surface area contributed by atoms with Gasteiger partial charge in [0.2, 0.25) is 0 Å². The van der Waals surface area contributed by atoms with Gasteiger partial charge in [-0.2, -0.15) is 17.0 Å².